The molecule has 1 nitrogen and oxygen atoms in total. The van der Waals surface area contributed by atoms with Crippen LogP contribution in [0.15, 0.2) is 16.6 Å². The second kappa shape index (κ2) is 5.44. The number of halogens is 3. The molecule has 0 bridgehead atoms. The van der Waals surface area contributed by atoms with Crippen LogP contribution in [0.5, 0.6) is 0 Å². The molecule has 0 saturated heterocycles. The zero-order chi connectivity index (χ0) is 13.2. The normalized spacial score (nSPS) is 13.8. The van der Waals surface area contributed by atoms with Gasteiger partial charge in [-0.25, -0.2) is 8.78 Å². The monoisotopic (exact) mass is 305 g/mol. The molecule has 2 N–H and O–H groups in total. The van der Waals surface area contributed by atoms with Gasteiger partial charge in [0.1, 0.15) is 11.6 Å². The van der Waals surface area contributed by atoms with E-state index in [2.05, 4.69) is 36.7 Å². The van der Waals surface area contributed by atoms with Crippen molar-refractivity contribution in [1.82, 2.24) is 0 Å². The van der Waals surface area contributed by atoms with Gasteiger partial charge in [0.15, 0.2) is 0 Å². The quantitative estimate of drug-likeness (QED) is 0.814. The summed E-state index contributed by atoms with van der Waals surface area (Å²) in [5.41, 5.74) is 5.96. The molecule has 17 heavy (non-hydrogen) atoms. The van der Waals surface area contributed by atoms with Gasteiger partial charge >= 0.3 is 0 Å². The van der Waals surface area contributed by atoms with Crippen LogP contribution < -0.4 is 5.73 Å². The Hall–Kier alpha value is -0.480. The fourth-order valence-corrected chi connectivity index (χ4v) is 1.96. The predicted octanol–water partition coefficient (Wildman–Crippen LogP) is 4.55. The molecule has 1 atom stereocenters. The first kappa shape index (κ1) is 14.6. The average molecular weight is 306 g/mol. The smallest absolute Gasteiger partial charge is 0.145 e. The van der Waals surface area contributed by atoms with Crippen molar-refractivity contribution in [3.8, 4) is 0 Å². The Balaban J connectivity index is 2.89. The van der Waals surface area contributed by atoms with E-state index >= 15 is 0 Å². The number of hydrogen-bond acceptors (Lipinski definition) is 1. The standard InChI is InChI=1S/C13H18BrF2N/c1-13(2,3)7-6-10(17)11-9(15)5-4-8(14)12(11)16/h4-5,10H,6-7,17H2,1-3H3. The van der Waals surface area contributed by atoms with Crippen molar-refractivity contribution in [2.75, 3.05) is 0 Å². The molecule has 1 aromatic carbocycles. The highest BCUT2D eigenvalue weighted by atomic mass is 79.9. The van der Waals surface area contributed by atoms with Gasteiger partial charge < -0.3 is 5.73 Å². The molecule has 0 heterocycles. The average Bonchev–Trinajstić information content (AvgIpc) is 2.20. The van der Waals surface area contributed by atoms with E-state index in [1.165, 1.54) is 12.1 Å². The third-order valence-electron chi connectivity index (χ3n) is 2.66. The van der Waals surface area contributed by atoms with Crippen molar-refractivity contribution in [3.05, 3.63) is 33.8 Å². The van der Waals surface area contributed by atoms with Gasteiger partial charge in [0, 0.05) is 11.6 Å². The minimum atomic E-state index is -0.605. The number of benzene rings is 1. The van der Waals surface area contributed by atoms with Crippen molar-refractivity contribution in [2.24, 2.45) is 11.1 Å². The molecule has 1 aromatic rings. The van der Waals surface area contributed by atoms with E-state index in [4.69, 9.17) is 5.73 Å². The summed E-state index contributed by atoms with van der Waals surface area (Å²) in [5, 5.41) is 0. The molecular weight excluding hydrogens is 288 g/mol. The minimum absolute atomic E-state index is 0.0244. The van der Waals surface area contributed by atoms with Crippen molar-refractivity contribution in [2.45, 2.75) is 39.7 Å². The fourth-order valence-electron chi connectivity index (χ4n) is 1.62. The summed E-state index contributed by atoms with van der Waals surface area (Å²) in [6.45, 7) is 6.23. The summed E-state index contributed by atoms with van der Waals surface area (Å²) >= 11 is 3.04. The molecule has 1 rings (SSSR count). The Morgan fingerprint density at radius 2 is 1.88 bits per heavy atom. The van der Waals surface area contributed by atoms with E-state index < -0.39 is 17.7 Å². The van der Waals surface area contributed by atoms with Gasteiger partial charge in [0.2, 0.25) is 0 Å². The molecule has 96 valence electrons. The number of hydrogen-bond donors (Lipinski definition) is 1. The molecular formula is C13H18BrF2N. The molecule has 0 saturated carbocycles. The molecule has 0 spiro atoms. The van der Waals surface area contributed by atoms with Crippen LogP contribution in [0.2, 0.25) is 0 Å². The van der Waals surface area contributed by atoms with Crippen LogP contribution in [-0.4, -0.2) is 0 Å². The van der Waals surface area contributed by atoms with Gasteiger partial charge in [-0.1, -0.05) is 20.8 Å². The van der Waals surface area contributed by atoms with E-state index in [0.29, 0.717) is 6.42 Å². The SMILES string of the molecule is CC(C)(C)CCC(N)c1c(F)ccc(Br)c1F. The molecule has 4 heteroatoms. The first-order valence-electron chi connectivity index (χ1n) is 5.61. The molecule has 0 amide bonds. The topological polar surface area (TPSA) is 26.0 Å². The number of rotatable bonds is 3. The summed E-state index contributed by atoms with van der Waals surface area (Å²) in [4.78, 5) is 0. The summed E-state index contributed by atoms with van der Waals surface area (Å²) in [6.07, 6.45) is 1.38. The molecule has 0 fully saturated rings. The predicted molar refractivity (Wildman–Crippen MR) is 69.7 cm³/mol. The van der Waals surface area contributed by atoms with Crippen LogP contribution in [0.3, 0.4) is 0 Å². The fraction of sp³-hybridized carbons (Fsp3) is 0.538. The van der Waals surface area contributed by atoms with Gasteiger partial charge in [-0.05, 0) is 46.3 Å². The van der Waals surface area contributed by atoms with Crippen LogP contribution in [0.4, 0.5) is 8.78 Å². The first-order chi connectivity index (χ1) is 7.72. The summed E-state index contributed by atoms with van der Waals surface area (Å²) in [5.74, 6) is -1.17. The minimum Gasteiger partial charge on any atom is -0.324 e. The second-order valence-electron chi connectivity index (χ2n) is 5.46. The number of nitrogens with two attached hydrogens (primary N) is 1. The third kappa shape index (κ3) is 4.03. The second-order valence-corrected chi connectivity index (χ2v) is 6.32. The van der Waals surface area contributed by atoms with Crippen molar-refractivity contribution in [1.29, 1.82) is 0 Å². The highest BCUT2D eigenvalue weighted by Gasteiger charge is 2.21. The van der Waals surface area contributed by atoms with Crippen LogP contribution >= 0.6 is 15.9 Å². The summed E-state index contributed by atoms with van der Waals surface area (Å²) in [6, 6.07) is 1.98. The molecule has 0 aliphatic carbocycles. The lowest BCUT2D eigenvalue weighted by Crippen LogP contribution is -2.17. The largest absolute Gasteiger partial charge is 0.324 e. The highest BCUT2D eigenvalue weighted by Crippen LogP contribution is 2.31. The van der Waals surface area contributed by atoms with Crippen LogP contribution in [0, 0.1) is 17.0 Å². The molecule has 1 unspecified atom stereocenters. The van der Waals surface area contributed by atoms with Gasteiger partial charge in [-0.2, -0.15) is 0 Å². The maximum absolute atomic E-state index is 13.8. The van der Waals surface area contributed by atoms with Gasteiger partial charge in [-0.15, -0.1) is 0 Å². The van der Waals surface area contributed by atoms with Gasteiger partial charge in [-0.3, -0.25) is 0 Å². The Morgan fingerprint density at radius 1 is 1.29 bits per heavy atom. The van der Waals surface area contributed by atoms with Crippen molar-refractivity contribution >= 4 is 15.9 Å². The summed E-state index contributed by atoms with van der Waals surface area (Å²) < 4.78 is 27.6. The van der Waals surface area contributed by atoms with Gasteiger partial charge in [0.25, 0.3) is 0 Å². The highest BCUT2D eigenvalue weighted by molar-refractivity contribution is 9.10. The maximum Gasteiger partial charge on any atom is 0.145 e. The molecule has 0 radical (unpaired) electrons. The Labute approximate surface area is 110 Å². The lowest BCUT2D eigenvalue weighted by Gasteiger charge is -2.21. The Bertz CT molecular complexity index is 399. The van der Waals surface area contributed by atoms with E-state index in [1.54, 1.807) is 0 Å². The van der Waals surface area contributed by atoms with E-state index in [1.807, 2.05) is 0 Å². The van der Waals surface area contributed by atoms with Crippen LogP contribution in [-0.2, 0) is 0 Å². The molecule has 0 aliphatic rings. The van der Waals surface area contributed by atoms with E-state index in [0.717, 1.165) is 6.42 Å². The van der Waals surface area contributed by atoms with Crippen molar-refractivity contribution in [3.63, 3.8) is 0 Å². The summed E-state index contributed by atoms with van der Waals surface area (Å²) in [7, 11) is 0. The maximum atomic E-state index is 13.8. The molecule has 0 aliphatic heterocycles. The van der Waals surface area contributed by atoms with E-state index in [-0.39, 0.29) is 15.5 Å². The first-order valence-corrected chi connectivity index (χ1v) is 6.40. The van der Waals surface area contributed by atoms with Gasteiger partial charge in [0.05, 0.1) is 4.47 Å². The Kier molecular flexibility index (Phi) is 4.67. The van der Waals surface area contributed by atoms with E-state index in [9.17, 15) is 8.78 Å². The van der Waals surface area contributed by atoms with Crippen LogP contribution in [0.25, 0.3) is 0 Å². The zero-order valence-electron chi connectivity index (χ0n) is 10.4. The zero-order valence-corrected chi connectivity index (χ0v) is 11.9. The lowest BCUT2D eigenvalue weighted by atomic mass is 9.87. The van der Waals surface area contributed by atoms with Crippen LogP contribution in [0.1, 0.15) is 45.2 Å². The Morgan fingerprint density at radius 3 is 2.41 bits per heavy atom. The lowest BCUT2D eigenvalue weighted by molar-refractivity contribution is 0.344. The molecule has 0 aromatic heterocycles. The van der Waals surface area contributed by atoms with Crippen molar-refractivity contribution < 1.29 is 8.78 Å². The third-order valence-corrected chi connectivity index (χ3v) is 3.27.